The highest BCUT2D eigenvalue weighted by Crippen LogP contribution is 2.14. The quantitative estimate of drug-likeness (QED) is 0.427. The average molecular weight is 176 g/mol. The van der Waals surface area contributed by atoms with Gasteiger partial charge < -0.3 is 5.11 Å². The predicted octanol–water partition coefficient (Wildman–Crippen LogP) is 2.56. The number of allylic oxidation sites excluding steroid dienone is 1. The largest absolute Gasteiger partial charge is 0.515 e. The number of ketones is 1. The molecule has 68 valence electrons. The van der Waals surface area contributed by atoms with Crippen LogP contribution < -0.4 is 0 Å². The second-order valence-electron chi connectivity index (χ2n) is 2.95. The smallest absolute Gasteiger partial charge is 0.189 e. The first-order valence-corrected chi connectivity index (χ1v) is 4.08. The maximum atomic E-state index is 11.4. The van der Waals surface area contributed by atoms with Gasteiger partial charge in [0, 0.05) is 11.6 Å². The number of rotatable bonds is 2. The van der Waals surface area contributed by atoms with Gasteiger partial charge in [-0.15, -0.1) is 0 Å². The van der Waals surface area contributed by atoms with Crippen molar-refractivity contribution in [2.75, 3.05) is 0 Å². The first-order valence-electron chi connectivity index (χ1n) is 4.08. The van der Waals surface area contributed by atoms with Crippen molar-refractivity contribution in [3.63, 3.8) is 0 Å². The van der Waals surface area contributed by atoms with Crippen LogP contribution in [0.5, 0.6) is 0 Å². The van der Waals surface area contributed by atoms with Gasteiger partial charge in [0.1, 0.15) is 0 Å². The molecule has 0 aliphatic carbocycles. The summed E-state index contributed by atoms with van der Waals surface area (Å²) in [5.74, 6) is -0.155. The van der Waals surface area contributed by atoms with E-state index in [4.69, 9.17) is 5.11 Å². The zero-order valence-corrected chi connectivity index (χ0v) is 7.74. The summed E-state index contributed by atoms with van der Waals surface area (Å²) in [6, 6.07) is 5.67. The Bertz CT molecular complexity index is 331. The lowest BCUT2D eigenvalue weighted by atomic mass is 9.99. The number of benzene rings is 1. The van der Waals surface area contributed by atoms with Gasteiger partial charge in [0.15, 0.2) is 5.78 Å². The van der Waals surface area contributed by atoms with E-state index in [1.165, 1.54) is 0 Å². The lowest BCUT2D eigenvalue weighted by molar-refractivity contribution is 0.104. The molecule has 13 heavy (non-hydrogen) atoms. The molecular weight excluding hydrogens is 164 g/mol. The standard InChI is InChI=1S/C11H12O2/c1-8-4-3-5-9(2)11(8)10(13)6-7-12/h3-7,12H,1-2H3/b7-6+. The van der Waals surface area contributed by atoms with Crippen molar-refractivity contribution < 1.29 is 9.90 Å². The van der Waals surface area contributed by atoms with Gasteiger partial charge in [-0.25, -0.2) is 0 Å². The van der Waals surface area contributed by atoms with Crippen molar-refractivity contribution in [3.8, 4) is 0 Å². The van der Waals surface area contributed by atoms with E-state index < -0.39 is 0 Å². The number of carbonyl (C=O) groups excluding carboxylic acids is 1. The van der Waals surface area contributed by atoms with Gasteiger partial charge in [-0.1, -0.05) is 18.2 Å². The Morgan fingerprint density at radius 2 is 1.85 bits per heavy atom. The van der Waals surface area contributed by atoms with Gasteiger partial charge in [-0.2, -0.15) is 0 Å². The molecule has 0 atom stereocenters. The molecule has 0 aliphatic heterocycles. The number of hydrogen-bond donors (Lipinski definition) is 1. The predicted molar refractivity (Wildman–Crippen MR) is 52.0 cm³/mol. The Morgan fingerprint density at radius 3 is 2.31 bits per heavy atom. The second kappa shape index (κ2) is 3.90. The van der Waals surface area contributed by atoms with E-state index in [1.807, 2.05) is 32.0 Å². The average Bonchev–Trinajstić information content (AvgIpc) is 2.04. The normalized spacial score (nSPS) is 10.6. The molecular formula is C11H12O2. The van der Waals surface area contributed by atoms with Crippen LogP contribution in [0.1, 0.15) is 21.5 Å². The van der Waals surface area contributed by atoms with Crippen molar-refractivity contribution in [1.82, 2.24) is 0 Å². The van der Waals surface area contributed by atoms with Crippen molar-refractivity contribution in [3.05, 3.63) is 47.2 Å². The molecule has 0 fully saturated rings. The fourth-order valence-corrected chi connectivity index (χ4v) is 1.35. The maximum absolute atomic E-state index is 11.4. The first-order chi connectivity index (χ1) is 6.16. The third-order valence-corrected chi connectivity index (χ3v) is 1.95. The van der Waals surface area contributed by atoms with Crippen LogP contribution in [0.4, 0.5) is 0 Å². The van der Waals surface area contributed by atoms with E-state index in [1.54, 1.807) is 0 Å². The Kier molecular flexibility index (Phi) is 2.85. The van der Waals surface area contributed by atoms with Crippen LogP contribution in [0, 0.1) is 13.8 Å². The van der Waals surface area contributed by atoms with Crippen LogP contribution in [0.2, 0.25) is 0 Å². The molecule has 1 aromatic carbocycles. The van der Waals surface area contributed by atoms with Gasteiger partial charge in [-0.05, 0) is 25.0 Å². The molecule has 0 saturated heterocycles. The molecule has 0 aliphatic rings. The zero-order valence-electron chi connectivity index (χ0n) is 7.74. The summed E-state index contributed by atoms with van der Waals surface area (Å²) < 4.78 is 0. The van der Waals surface area contributed by atoms with Crippen molar-refractivity contribution in [2.24, 2.45) is 0 Å². The zero-order chi connectivity index (χ0) is 9.84. The third-order valence-electron chi connectivity index (χ3n) is 1.95. The molecule has 0 saturated carbocycles. The number of aryl methyl sites for hydroxylation is 2. The molecule has 0 spiro atoms. The maximum Gasteiger partial charge on any atom is 0.189 e. The lowest BCUT2D eigenvalue weighted by Gasteiger charge is -2.04. The summed E-state index contributed by atoms with van der Waals surface area (Å²) in [5.41, 5.74) is 2.54. The first kappa shape index (κ1) is 9.52. The Balaban J connectivity index is 3.20. The summed E-state index contributed by atoms with van der Waals surface area (Å²) in [5, 5.41) is 8.48. The van der Waals surface area contributed by atoms with Crippen LogP contribution in [0.25, 0.3) is 0 Å². The fraction of sp³-hybridized carbons (Fsp3) is 0.182. The fourth-order valence-electron chi connectivity index (χ4n) is 1.35. The monoisotopic (exact) mass is 176 g/mol. The van der Waals surface area contributed by atoms with Crippen LogP contribution in [0.15, 0.2) is 30.5 Å². The van der Waals surface area contributed by atoms with Gasteiger partial charge >= 0.3 is 0 Å². The summed E-state index contributed by atoms with van der Waals surface area (Å²) in [6.07, 6.45) is 1.93. The SMILES string of the molecule is Cc1cccc(C)c1C(=O)/C=C/O. The summed E-state index contributed by atoms with van der Waals surface area (Å²) in [6.45, 7) is 3.76. The third kappa shape index (κ3) is 1.96. The summed E-state index contributed by atoms with van der Waals surface area (Å²) >= 11 is 0. The molecule has 1 rings (SSSR count). The van der Waals surface area contributed by atoms with E-state index in [9.17, 15) is 4.79 Å². The molecule has 0 bridgehead atoms. The van der Waals surface area contributed by atoms with E-state index in [0.29, 0.717) is 5.56 Å². The van der Waals surface area contributed by atoms with Crippen LogP contribution in [0.3, 0.4) is 0 Å². The minimum Gasteiger partial charge on any atom is -0.515 e. The molecule has 1 N–H and O–H groups in total. The van der Waals surface area contributed by atoms with E-state index >= 15 is 0 Å². The highest BCUT2D eigenvalue weighted by Gasteiger charge is 2.07. The topological polar surface area (TPSA) is 37.3 Å². The Morgan fingerprint density at radius 1 is 1.31 bits per heavy atom. The number of aliphatic hydroxyl groups excluding tert-OH is 1. The van der Waals surface area contributed by atoms with E-state index in [2.05, 4.69) is 0 Å². The highest BCUT2D eigenvalue weighted by molar-refractivity contribution is 6.06. The molecule has 2 nitrogen and oxygen atoms in total. The van der Waals surface area contributed by atoms with Crippen molar-refractivity contribution >= 4 is 5.78 Å². The molecule has 0 amide bonds. The summed E-state index contributed by atoms with van der Waals surface area (Å²) in [7, 11) is 0. The Hall–Kier alpha value is -1.57. The van der Waals surface area contributed by atoms with E-state index in [-0.39, 0.29) is 5.78 Å². The van der Waals surface area contributed by atoms with Gasteiger partial charge in [-0.3, -0.25) is 4.79 Å². The second-order valence-corrected chi connectivity index (χ2v) is 2.95. The number of aliphatic hydroxyl groups is 1. The van der Waals surface area contributed by atoms with Crippen molar-refractivity contribution in [2.45, 2.75) is 13.8 Å². The molecule has 1 aromatic rings. The van der Waals surface area contributed by atoms with Gasteiger partial charge in [0.05, 0.1) is 6.26 Å². The minimum atomic E-state index is -0.155. The molecule has 0 unspecified atom stereocenters. The molecule has 0 aromatic heterocycles. The Labute approximate surface area is 77.5 Å². The van der Waals surface area contributed by atoms with Crippen LogP contribution >= 0.6 is 0 Å². The number of hydrogen-bond acceptors (Lipinski definition) is 2. The lowest BCUT2D eigenvalue weighted by Crippen LogP contribution is -2.00. The van der Waals surface area contributed by atoms with E-state index in [0.717, 1.165) is 23.5 Å². The van der Waals surface area contributed by atoms with Gasteiger partial charge in [0.25, 0.3) is 0 Å². The molecule has 0 heterocycles. The highest BCUT2D eigenvalue weighted by atomic mass is 16.2. The molecule has 0 radical (unpaired) electrons. The van der Waals surface area contributed by atoms with Crippen molar-refractivity contribution in [1.29, 1.82) is 0 Å². The van der Waals surface area contributed by atoms with Crippen LogP contribution in [-0.2, 0) is 0 Å². The van der Waals surface area contributed by atoms with Gasteiger partial charge in [0.2, 0.25) is 0 Å². The minimum absolute atomic E-state index is 0.155. The van der Waals surface area contributed by atoms with Crippen LogP contribution in [-0.4, -0.2) is 10.9 Å². The molecule has 2 heteroatoms. The number of carbonyl (C=O) groups is 1. The summed E-state index contributed by atoms with van der Waals surface area (Å²) in [4.78, 5) is 11.4.